The van der Waals surface area contributed by atoms with Crippen molar-refractivity contribution in [3.63, 3.8) is 0 Å². The van der Waals surface area contributed by atoms with E-state index in [1.165, 1.54) is 0 Å². The second-order valence-electron chi connectivity index (χ2n) is 12.5. The molecule has 0 bridgehead atoms. The lowest BCUT2D eigenvalue weighted by Gasteiger charge is -2.42. The average molecular weight is 656 g/mol. The Morgan fingerprint density at radius 1 is 0.510 bits per heavy atom. The van der Waals surface area contributed by atoms with E-state index in [0.717, 1.165) is 44.5 Å². The first kappa shape index (κ1) is 31.5. The van der Waals surface area contributed by atoms with E-state index in [0.29, 0.717) is 22.5 Å². The maximum absolute atomic E-state index is 14.0. The smallest absolute Gasteiger partial charge is 0.193 e. The Bertz CT molecular complexity index is 2400. The molecule has 0 saturated carbocycles. The van der Waals surface area contributed by atoms with Crippen LogP contribution in [-0.4, -0.2) is 23.7 Å². The number of hydrogen-bond acceptors (Lipinski definition) is 2. The summed E-state index contributed by atoms with van der Waals surface area (Å²) in [5.74, 6) is 0.594. The van der Waals surface area contributed by atoms with E-state index in [9.17, 15) is 10.2 Å². The molecule has 1 N–H and O–H groups in total. The van der Waals surface area contributed by atoms with Crippen LogP contribution >= 0.6 is 0 Å². The molecule has 0 saturated heterocycles. The number of hydrogen-bond donors (Lipinski definition) is 1. The van der Waals surface area contributed by atoms with Crippen LogP contribution in [0.3, 0.4) is 0 Å². The van der Waals surface area contributed by atoms with Crippen LogP contribution in [0.15, 0.2) is 198 Å². The third-order valence-electron chi connectivity index (χ3n) is 9.52. The first-order valence-electron chi connectivity index (χ1n) is 17.0. The topological polar surface area (TPSA) is 65.6 Å². The van der Waals surface area contributed by atoms with E-state index < -0.39 is 5.41 Å². The molecule has 242 valence electrons. The van der Waals surface area contributed by atoms with Crippen LogP contribution in [0.25, 0.3) is 11.1 Å². The minimum Gasteiger partial charge on any atom is -0.289 e. The van der Waals surface area contributed by atoms with Gasteiger partial charge in [-0.05, 0) is 45.0 Å². The van der Waals surface area contributed by atoms with Crippen LogP contribution in [0, 0.1) is 5.41 Å². The minimum atomic E-state index is -0.784. The van der Waals surface area contributed by atoms with Crippen molar-refractivity contribution in [2.75, 3.05) is 0 Å². The van der Waals surface area contributed by atoms with Gasteiger partial charge in [0.1, 0.15) is 0 Å². The Morgan fingerprint density at radius 3 is 1.63 bits per heavy atom. The second-order valence-corrected chi connectivity index (χ2v) is 12.5. The highest BCUT2D eigenvalue weighted by atomic mass is 16.1. The Morgan fingerprint density at radius 2 is 1.00 bits per heavy atom. The highest BCUT2D eigenvalue weighted by Gasteiger charge is 2.47. The summed E-state index contributed by atoms with van der Waals surface area (Å²) in [5, 5.41) is 9.19. The Kier molecular flexibility index (Phi) is 8.41. The molecule has 0 fully saturated rings. The molecular weight excluding hydrogens is 623 g/mol. The number of amidine groups is 2. The molecule has 7 aromatic rings. The average Bonchev–Trinajstić information content (AvgIpc) is 3.21. The number of carbonyl (C=O) groups excluding carboxylic acids is 1. The minimum absolute atomic E-state index is 0.0303. The van der Waals surface area contributed by atoms with Gasteiger partial charge in [-0.2, -0.15) is 0 Å². The lowest BCUT2D eigenvalue weighted by molar-refractivity contribution is 0.103. The quantitative estimate of drug-likeness (QED) is 0.141. The van der Waals surface area contributed by atoms with E-state index in [1.54, 1.807) is 6.21 Å². The van der Waals surface area contributed by atoms with Crippen LogP contribution in [0.2, 0.25) is 0 Å². The zero-order valence-electron chi connectivity index (χ0n) is 27.8. The van der Waals surface area contributed by atoms with Gasteiger partial charge < -0.3 is 0 Å². The highest BCUT2D eigenvalue weighted by Crippen LogP contribution is 2.52. The molecule has 51 heavy (non-hydrogen) atoms. The van der Waals surface area contributed by atoms with Crippen molar-refractivity contribution in [1.29, 1.82) is 5.41 Å². The van der Waals surface area contributed by atoms with E-state index >= 15 is 0 Å². The summed E-state index contributed by atoms with van der Waals surface area (Å²) in [6.45, 7) is 0. The standard InChI is InChI=1S/C47H33N3O/c48-45(50-46(34-19-6-2-7-20-34)49-32-33-17-4-1-5-18-33)36-22-16-21-35(31-36)38-25-10-13-28-41(38)47(37-23-8-3-9-24-37)42-29-14-11-26-39(42)44(51)40-27-12-15-30-43(40)47/h1-32,48H. The largest absolute Gasteiger partial charge is 0.289 e. The fourth-order valence-corrected chi connectivity index (χ4v) is 7.25. The van der Waals surface area contributed by atoms with Crippen molar-refractivity contribution in [2.45, 2.75) is 5.41 Å². The van der Waals surface area contributed by atoms with Gasteiger partial charge in [-0.3, -0.25) is 10.2 Å². The SMILES string of the molecule is N=C(N=C(N=Cc1ccccc1)c1ccccc1)c1cccc(-c2ccccc2C2(c3ccccc3)c3ccccc3C(=O)c3ccccc32)c1. The summed E-state index contributed by atoms with van der Waals surface area (Å²) in [7, 11) is 0. The normalized spacial score (nSPS) is 13.4. The molecule has 0 aliphatic heterocycles. The van der Waals surface area contributed by atoms with E-state index in [-0.39, 0.29) is 11.6 Å². The lowest BCUT2D eigenvalue weighted by Crippen LogP contribution is -2.38. The molecule has 0 amide bonds. The zero-order valence-corrected chi connectivity index (χ0v) is 27.8. The van der Waals surface area contributed by atoms with E-state index in [1.807, 2.05) is 127 Å². The molecule has 4 nitrogen and oxygen atoms in total. The molecule has 4 heteroatoms. The van der Waals surface area contributed by atoms with Crippen LogP contribution in [0.5, 0.6) is 0 Å². The molecule has 8 rings (SSSR count). The molecule has 1 aliphatic carbocycles. The summed E-state index contributed by atoms with van der Waals surface area (Å²) >= 11 is 0. The lowest BCUT2D eigenvalue weighted by atomic mass is 9.58. The van der Waals surface area contributed by atoms with Crippen molar-refractivity contribution in [3.8, 4) is 11.1 Å². The van der Waals surface area contributed by atoms with Crippen molar-refractivity contribution >= 4 is 23.7 Å². The van der Waals surface area contributed by atoms with Gasteiger partial charge in [-0.1, -0.05) is 182 Å². The zero-order chi connectivity index (χ0) is 34.6. The highest BCUT2D eigenvalue weighted by molar-refractivity contribution is 6.15. The van der Waals surface area contributed by atoms with Crippen molar-refractivity contribution in [1.82, 2.24) is 0 Å². The van der Waals surface area contributed by atoms with Gasteiger partial charge in [0.15, 0.2) is 17.5 Å². The van der Waals surface area contributed by atoms with Gasteiger partial charge in [-0.15, -0.1) is 0 Å². The predicted molar refractivity (Wildman–Crippen MR) is 207 cm³/mol. The predicted octanol–water partition coefficient (Wildman–Crippen LogP) is 10.2. The molecular formula is C47H33N3O. The van der Waals surface area contributed by atoms with Gasteiger partial charge >= 0.3 is 0 Å². The van der Waals surface area contributed by atoms with Gasteiger partial charge in [0.05, 0.1) is 5.41 Å². The maximum Gasteiger partial charge on any atom is 0.193 e. The third kappa shape index (κ3) is 5.73. The molecule has 0 spiro atoms. The van der Waals surface area contributed by atoms with Gasteiger partial charge in [-0.25, -0.2) is 9.98 Å². The van der Waals surface area contributed by atoms with Crippen LogP contribution in [0.1, 0.15) is 54.9 Å². The summed E-state index contributed by atoms with van der Waals surface area (Å²) in [4.78, 5) is 23.5. The van der Waals surface area contributed by atoms with Crippen LogP contribution in [-0.2, 0) is 5.41 Å². The molecule has 0 atom stereocenters. The summed E-state index contributed by atoms with van der Waals surface area (Å²) in [5.41, 5.74) is 9.02. The summed E-state index contributed by atoms with van der Waals surface area (Å²) in [6.07, 6.45) is 1.78. The Balaban J connectivity index is 1.29. The van der Waals surface area contributed by atoms with Crippen molar-refractivity contribution in [2.24, 2.45) is 9.98 Å². The number of fused-ring (bicyclic) bond motifs is 2. The summed E-state index contributed by atoms with van der Waals surface area (Å²) in [6, 6.07) is 62.5. The third-order valence-corrected chi connectivity index (χ3v) is 9.52. The van der Waals surface area contributed by atoms with E-state index in [2.05, 4.69) is 60.7 Å². The fourth-order valence-electron chi connectivity index (χ4n) is 7.25. The number of rotatable bonds is 6. The molecule has 0 radical (unpaired) electrons. The monoisotopic (exact) mass is 655 g/mol. The molecule has 0 aromatic heterocycles. The van der Waals surface area contributed by atoms with Gasteiger partial charge in [0.2, 0.25) is 0 Å². The number of carbonyl (C=O) groups is 1. The Hall–Kier alpha value is -6.78. The van der Waals surface area contributed by atoms with Crippen molar-refractivity contribution < 1.29 is 4.79 Å². The number of nitrogens with one attached hydrogen (secondary N) is 1. The maximum atomic E-state index is 14.0. The van der Waals surface area contributed by atoms with Crippen LogP contribution < -0.4 is 0 Å². The Labute approximate surface area is 297 Å². The number of aliphatic imine (C=N–C) groups is 2. The van der Waals surface area contributed by atoms with E-state index in [4.69, 9.17) is 9.98 Å². The second kappa shape index (κ2) is 13.6. The molecule has 1 aliphatic rings. The number of ketones is 1. The first-order chi connectivity index (χ1) is 25.1. The fraction of sp³-hybridized carbons (Fsp3) is 0.0213. The summed E-state index contributed by atoms with van der Waals surface area (Å²) < 4.78 is 0. The van der Waals surface area contributed by atoms with Crippen LogP contribution in [0.4, 0.5) is 0 Å². The number of nitrogens with zero attached hydrogens (tertiary/aromatic N) is 2. The molecule has 0 heterocycles. The van der Waals surface area contributed by atoms with Gasteiger partial charge in [0, 0.05) is 28.5 Å². The molecule has 0 unspecified atom stereocenters. The van der Waals surface area contributed by atoms with Crippen molar-refractivity contribution in [3.05, 3.63) is 238 Å². The first-order valence-corrected chi connectivity index (χ1v) is 17.0. The molecule has 7 aromatic carbocycles. The van der Waals surface area contributed by atoms with Gasteiger partial charge in [0.25, 0.3) is 0 Å². The number of benzene rings is 7.